The van der Waals surface area contributed by atoms with Crippen molar-refractivity contribution in [2.45, 2.75) is 32.4 Å². The van der Waals surface area contributed by atoms with Gasteiger partial charge < -0.3 is 14.9 Å². The Bertz CT molecular complexity index is 529. The first kappa shape index (κ1) is 15.3. The van der Waals surface area contributed by atoms with Gasteiger partial charge in [-0.15, -0.1) is 0 Å². The first-order valence-electron chi connectivity index (χ1n) is 6.76. The molecule has 0 unspecified atom stereocenters. The van der Waals surface area contributed by atoms with Gasteiger partial charge in [-0.25, -0.2) is 0 Å². The zero-order valence-corrected chi connectivity index (χ0v) is 13.9. The van der Waals surface area contributed by atoms with Crippen molar-refractivity contribution in [3.63, 3.8) is 0 Å². The molecule has 1 atom stereocenters. The van der Waals surface area contributed by atoms with Crippen molar-refractivity contribution in [2.24, 2.45) is 0 Å². The number of rotatable bonds is 2. The summed E-state index contributed by atoms with van der Waals surface area (Å²) in [5.74, 6) is 0.125. The second kappa shape index (κ2) is 5.37. The van der Waals surface area contributed by atoms with E-state index in [1.54, 1.807) is 11.8 Å². The topological polar surface area (TPSA) is 43.8 Å². The molecule has 0 saturated carbocycles. The molecule has 0 aliphatic carbocycles. The number of hydrogen-bond acceptors (Lipinski definition) is 3. The molecule has 0 spiro atoms. The van der Waals surface area contributed by atoms with Crippen molar-refractivity contribution in [3.05, 3.63) is 28.2 Å². The molecule has 110 valence electrons. The van der Waals surface area contributed by atoms with E-state index in [1.807, 2.05) is 39.1 Å². The molecule has 1 aliphatic rings. The van der Waals surface area contributed by atoms with Gasteiger partial charge in [0.15, 0.2) is 0 Å². The van der Waals surface area contributed by atoms with Gasteiger partial charge in [-0.2, -0.15) is 0 Å². The van der Waals surface area contributed by atoms with Crippen molar-refractivity contribution >= 4 is 27.5 Å². The molecule has 1 fully saturated rings. The predicted octanol–water partition coefficient (Wildman–Crippen LogP) is 2.56. The van der Waals surface area contributed by atoms with E-state index < -0.39 is 11.6 Å². The summed E-state index contributed by atoms with van der Waals surface area (Å²) >= 11 is 3.50. The van der Waals surface area contributed by atoms with Crippen LogP contribution in [0.25, 0.3) is 0 Å². The first-order chi connectivity index (χ1) is 9.25. The Morgan fingerprint density at radius 1 is 1.35 bits per heavy atom. The van der Waals surface area contributed by atoms with Crippen LogP contribution in [0.2, 0.25) is 0 Å². The molecule has 5 heteroatoms. The van der Waals surface area contributed by atoms with E-state index in [0.717, 1.165) is 28.8 Å². The van der Waals surface area contributed by atoms with E-state index in [4.69, 9.17) is 0 Å². The number of piperazine rings is 1. The molecule has 1 saturated heterocycles. The van der Waals surface area contributed by atoms with Crippen LogP contribution in [0.15, 0.2) is 22.7 Å². The van der Waals surface area contributed by atoms with E-state index in [0.29, 0.717) is 0 Å². The Morgan fingerprint density at radius 3 is 2.55 bits per heavy atom. The highest BCUT2D eigenvalue weighted by molar-refractivity contribution is 9.10. The molecule has 0 radical (unpaired) electrons. The molecule has 4 nitrogen and oxygen atoms in total. The number of aliphatic hydroxyl groups excluding tert-OH is 1. The van der Waals surface area contributed by atoms with E-state index >= 15 is 0 Å². The number of aliphatic hydroxyl groups is 1. The van der Waals surface area contributed by atoms with Gasteiger partial charge in [0.2, 0.25) is 5.91 Å². The number of carbonyl (C=O) groups is 1. The summed E-state index contributed by atoms with van der Waals surface area (Å²) in [6, 6.07) is 5.85. The van der Waals surface area contributed by atoms with Gasteiger partial charge in [0, 0.05) is 30.3 Å². The van der Waals surface area contributed by atoms with Crippen LogP contribution in [0, 0.1) is 0 Å². The van der Waals surface area contributed by atoms with Gasteiger partial charge in [0.1, 0.15) is 5.54 Å². The second-order valence-corrected chi connectivity index (χ2v) is 6.67. The Hall–Kier alpha value is -1.07. The Morgan fingerprint density at radius 2 is 2.00 bits per heavy atom. The monoisotopic (exact) mass is 340 g/mol. The lowest BCUT2D eigenvalue weighted by atomic mass is 9.96. The third-order valence-corrected chi connectivity index (χ3v) is 4.64. The fourth-order valence-electron chi connectivity index (χ4n) is 2.69. The van der Waals surface area contributed by atoms with Crippen LogP contribution in [-0.2, 0) is 4.79 Å². The van der Waals surface area contributed by atoms with Gasteiger partial charge in [0.25, 0.3) is 0 Å². The van der Waals surface area contributed by atoms with Crippen LogP contribution in [0.5, 0.6) is 0 Å². The molecule has 1 aromatic rings. The van der Waals surface area contributed by atoms with Crippen molar-refractivity contribution in [1.29, 1.82) is 0 Å². The van der Waals surface area contributed by atoms with E-state index in [1.165, 1.54) is 0 Å². The number of hydrogen-bond donors (Lipinski definition) is 1. The van der Waals surface area contributed by atoms with E-state index in [2.05, 4.69) is 20.8 Å². The van der Waals surface area contributed by atoms with Crippen LogP contribution < -0.4 is 4.90 Å². The smallest absolute Gasteiger partial charge is 0.247 e. The van der Waals surface area contributed by atoms with Gasteiger partial charge in [0.05, 0.1) is 6.10 Å². The number of amides is 1. The summed E-state index contributed by atoms with van der Waals surface area (Å²) in [6.45, 7) is 7.15. The quantitative estimate of drug-likeness (QED) is 0.899. The lowest BCUT2D eigenvalue weighted by Gasteiger charge is -2.46. The number of halogens is 1. The molecule has 1 N–H and O–H groups in total. The minimum Gasteiger partial charge on any atom is -0.389 e. The number of carbonyl (C=O) groups excluding carboxylic acids is 1. The van der Waals surface area contributed by atoms with Crippen molar-refractivity contribution in [1.82, 2.24) is 4.90 Å². The maximum atomic E-state index is 12.3. The molecule has 1 aliphatic heterocycles. The van der Waals surface area contributed by atoms with E-state index in [-0.39, 0.29) is 5.91 Å². The average Bonchev–Trinajstić information content (AvgIpc) is 2.35. The van der Waals surface area contributed by atoms with Crippen molar-refractivity contribution < 1.29 is 9.90 Å². The van der Waals surface area contributed by atoms with Crippen LogP contribution in [0.1, 0.15) is 32.4 Å². The van der Waals surface area contributed by atoms with Crippen LogP contribution in [0.4, 0.5) is 5.69 Å². The largest absolute Gasteiger partial charge is 0.389 e. The summed E-state index contributed by atoms with van der Waals surface area (Å²) in [5.41, 5.74) is 1.29. The highest BCUT2D eigenvalue weighted by atomic mass is 79.9. The maximum absolute atomic E-state index is 12.3. The van der Waals surface area contributed by atoms with Crippen LogP contribution in [0.3, 0.4) is 0 Å². The van der Waals surface area contributed by atoms with Crippen LogP contribution in [-0.4, -0.2) is 41.6 Å². The van der Waals surface area contributed by atoms with Crippen molar-refractivity contribution in [2.75, 3.05) is 25.0 Å². The molecule has 1 aromatic carbocycles. The van der Waals surface area contributed by atoms with E-state index in [9.17, 15) is 9.90 Å². The normalized spacial score (nSPS) is 20.2. The number of benzene rings is 1. The summed E-state index contributed by atoms with van der Waals surface area (Å²) in [7, 11) is 1.84. The van der Waals surface area contributed by atoms with Crippen molar-refractivity contribution in [3.8, 4) is 0 Å². The fraction of sp³-hybridized carbons (Fsp3) is 0.533. The minimum absolute atomic E-state index is 0.125. The zero-order chi connectivity index (χ0) is 15.1. The number of likely N-dealkylation sites (N-methyl/N-ethyl adjacent to an activating group) is 1. The van der Waals surface area contributed by atoms with Gasteiger partial charge >= 0.3 is 0 Å². The third kappa shape index (κ3) is 2.56. The summed E-state index contributed by atoms with van der Waals surface area (Å²) < 4.78 is 0.868. The third-order valence-electron chi connectivity index (χ3n) is 3.95. The molecular weight excluding hydrogens is 320 g/mol. The number of nitrogens with zero attached hydrogens (tertiary/aromatic N) is 2. The Kier molecular flexibility index (Phi) is 4.12. The lowest BCUT2D eigenvalue weighted by Crippen LogP contribution is -2.62. The first-order valence-corrected chi connectivity index (χ1v) is 7.55. The highest BCUT2D eigenvalue weighted by Gasteiger charge is 2.40. The molecule has 0 aromatic heterocycles. The SMILES string of the molecule is C[C@@H](O)c1ccc(N2CCN(C)C(=O)C2(C)C)cc1Br. The highest BCUT2D eigenvalue weighted by Crippen LogP contribution is 2.33. The van der Waals surface area contributed by atoms with Gasteiger partial charge in [-0.05, 0) is 38.5 Å². The zero-order valence-electron chi connectivity index (χ0n) is 12.4. The summed E-state index contributed by atoms with van der Waals surface area (Å²) in [5, 5.41) is 9.68. The maximum Gasteiger partial charge on any atom is 0.247 e. The molecule has 20 heavy (non-hydrogen) atoms. The Labute approximate surface area is 128 Å². The lowest BCUT2D eigenvalue weighted by molar-refractivity contribution is -0.136. The predicted molar refractivity (Wildman–Crippen MR) is 83.8 cm³/mol. The molecular formula is C15H21BrN2O2. The van der Waals surface area contributed by atoms with Gasteiger partial charge in [-0.1, -0.05) is 22.0 Å². The van der Waals surface area contributed by atoms with Gasteiger partial charge in [-0.3, -0.25) is 4.79 Å². The average molecular weight is 341 g/mol. The molecule has 0 bridgehead atoms. The fourth-order valence-corrected chi connectivity index (χ4v) is 3.39. The second-order valence-electron chi connectivity index (χ2n) is 5.82. The molecule has 2 rings (SSSR count). The minimum atomic E-state index is -0.557. The Balaban J connectivity index is 2.36. The standard InChI is InChI=1S/C15H21BrN2O2/c1-10(19)12-6-5-11(9-13(12)16)18-8-7-17(4)14(20)15(18,2)3/h5-6,9-10,19H,7-8H2,1-4H3/t10-/m1/s1. The molecule has 1 heterocycles. The number of anilines is 1. The molecule has 1 amide bonds. The summed E-state index contributed by atoms with van der Waals surface area (Å²) in [6.07, 6.45) is -0.513. The summed E-state index contributed by atoms with van der Waals surface area (Å²) in [4.78, 5) is 16.2. The van der Waals surface area contributed by atoms with Crippen LogP contribution >= 0.6 is 15.9 Å².